The van der Waals surface area contributed by atoms with Crippen molar-refractivity contribution in [3.05, 3.63) is 29.8 Å². The number of hydrogen-bond donors (Lipinski definition) is 3. The van der Waals surface area contributed by atoms with Crippen LogP contribution in [0.1, 0.15) is 25.0 Å². The van der Waals surface area contributed by atoms with Gasteiger partial charge in [0.1, 0.15) is 0 Å². The molecule has 0 spiro atoms. The number of likely N-dealkylation sites (N-methyl/N-ethyl adjacent to an activating group) is 1. The van der Waals surface area contributed by atoms with Gasteiger partial charge in [-0.15, -0.1) is 0 Å². The topological polar surface area (TPSA) is 44.3 Å². The smallest absolute Gasteiger partial charge is 0.0942 e. The van der Waals surface area contributed by atoms with Gasteiger partial charge in [0.15, 0.2) is 0 Å². The van der Waals surface area contributed by atoms with Crippen LogP contribution < -0.4 is 10.6 Å². The molecule has 3 heteroatoms. The Labute approximate surface area is 91.5 Å². The lowest BCUT2D eigenvalue weighted by Gasteiger charge is -2.21. The average Bonchev–Trinajstić information content (AvgIpc) is 2.30. The van der Waals surface area contributed by atoms with Gasteiger partial charge in [-0.1, -0.05) is 19.1 Å². The number of aliphatic hydroxyl groups is 1. The molecule has 1 aromatic rings. The molecule has 0 fully saturated rings. The molecule has 3 N–H and O–H groups in total. The lowest BCUT2D eigenvalue weighted by atomic mass is 10.0. The Morgan fingerprint density at radius 1 is 1.20 bits per heavy atom. The Bertz CT molecular complexity index is 280. The summed E-state index contributed by atoms with van der Waals surface area (Å²) in [6, 6.07) is 7.97. The third kappa shape index (κ3) is 2.94. The Kier molecular flexibility index (Phi) is 4.59. The first-order valence-electron chi connectivity index (χ1n) is 5.36. The fourth-order valence-corrected chi connectivity index (χ4v) is 1.66. The second-order valence-corrected chi connectivity index (χ2v) is 3.62. The molecular weight excluding hydrogens is 188 g/mol. The Hall–Kier alpha value is -1.06. The van der Waals surface area contributed by atoms with Crippen molar-refractivity contribution in [2.45, 2.75) is 25.5 Å². The van der Waals surface area contributed by atoms with Crippen molar-refractivity contribution < 1.29 is 5.11 Å². The second-order valence-electron chi connectivity index (χ2n) is 3.62. The summed E-state index contributed by atoms with van der Waals surface area (Å²) in [5, 5.41) is 16.2. The van der Waals surface area contributed by atoms with Crippen molar-refractivity contribution >= 4 is 5.69 Å². The third-order valence-electron chi connectivity index (χ3n) is 2.73. The minimum absolute atomic E-state index is 0.116. The first-order valence-corrected chi connectivity index (χ1v) is 5.36. The van der Waals surface area contributed by atoms with Gasteiger partial charge in [0.2, 0.25) is 0 Å². The van der Waals surface area contributed by atoms with Crippen LogP contribution in [0.2, 0.25) is 0 Å². The zero-order chi connectivity index (χ0) is 11.3. The lowest BCUT2D eigenvalue weighted by Crippen LogP contribution is -2.31. The molecule has 0 aliphatic rings. The summed E-state index contributed by atoms with van der Waals surface area (Å²) in [4.78, 5) is 0. The average molecular weight is 208 g/mol. The molecule has 2 atom stereocenters. The maximum Gasteiger partial charge on any atom is 0.0942 e. The Morgan fingerprint density at radius 2 is 1.80 bits per heavy atom. The van der Waals surface area contributed by atoms with E-state index in [4.69, 9.17) is 0 Å². The molecule has 1 rings (SSSR count). The van der Waals surface area contributed by atoms with Gasteiger partial charge in [-0.2, -0.15) is 0 Å². The van der Waals surface area contributed by atoms with E-state index in [1.807, 2.05) is 38.4 Å². The van der Waals surface area contributed by atoms with Gasteiger partial charge in [-0.3, -0.25) is 0 Å². The number of rotatable bonds is 5. The van der Waals surface area contributed by atoms with Crippen LogP contribution in [0, 0.1) is 0 Å². The van der Waals surface area contributed by atoms with E-state index in [1.54, 1.807) is 0 Å². The van der Waals surface area contributed by atoms with E-state index < -0.39 is 6.10 Å². The van der Waals surface area contributed by atoms with Crippen LogP contribution >= 0.6 is 0 Å². The van der Waals surface area contributed by atoms with Gasteiger partial charge in [-0.05, 0) is 31.2 Å². The highest BCUT2D eigenvalue weighted by molar-refractivity contribution is 5.44. The molecular formula is C12H20N2O. The molecule has 3 nitrogen and oxygen atoms in total. The van der Waals surface area contributed by atoms with Gasteiger partial charge in [0.05, 0.1) is 6.10 Å². The van der Waals surface area contributed by atoms with Crippen LogP contribution in [0.4, 0.5) is 5.69 Å². The second kappa shape index (κ2) is 5.73. The van der Waals surface area contributed by atoms with Gasteiger partial charge in [0.25, 0.3) is 0 Å². The predicted octanol–water partition coefficient (Wildman–Crippen LogP) is 1.76. The van der Waals surface area contributed by atoms with E-state index in [0.29, 0.717) is 0 Å². The van der Waals surface area contributed by atoms with Crippen LogP contribution in [0.25, 0.3) is 0 Å². The van der Waals surface area contributed by atoms with Crippen LogP contribution in [-0.2, 0) is 0 Å². The predicted molar refractivity (Wildman–Crippen MR) is 64.1 cm³/mol. The highest BCUT2D eigenvalue weighted by Gasteiger charge is 2.16. The number of hydrogen-bond acceptors (Lipinski definition) is 3. The van der Waals surface area contributed by atoms with E-state index in [9.17, 15) is 5.11 Å². The first-order chi connectivity index (χ1) is 7.22. The SMILES string of the molecule is CCC(NC)C(O)c1ccc(NC)cc1. The van der Waals surface area contributed by atoms with Crippen LogP contribution in [0.5, 0.6) is 0 Å². The van der Waals surface area contributed by atoms with Gasteiger partial charge < -0.3 is 15.7 Å². The van der Waals surface area contributed by atoms with Crippen molar-refractivity contribution in [3.63, 3.8) is 0 Å². The fourth-order valence-electron chi connectivity index (χ4n) is 1.66. The molecule has 15 heavy (non-hydrogen) atoms. The highest BCUT2D eigenvalue weighted by Crippen LogP contribution is 2.20. The standard InChI is InChI=1S/C12H20N2O/c1-4-11(14-3)12(15)9-5-7-10(13-2)8-6-9/h5-8,11-15H,4H2,1-3H3. The molecule has 0 saturated carbocycles. The van der Waals surface area contributed by atoms with E-state index in [-0.39, 0.29) is 6.04 Å². The minimum atomic E-state index is -0.439. The molecule has 0 bridgehead atoms. The molecule has 0 aromatic heterocycles. The zero-order valence-corrected chi connectivity index (χ0v) is 9.62. The summed E-state index contributed by atoms with van der Waals surface area (Å²) < 4.78 is 0. The van der Waals surface area contributed by atoms with Crippen molar-refractivity contribution in [2.24, 2.45) is 0 Å². The summed E-state index contributed by atoms with van der Waals surface area (Å²) in [5.74, 6) is 0. The van der Waals surface area contributed by atoms with Gasteiger partial charge in [-0.25, -0.2) is 0 Å². The fraction of sp³-hybridized carbons (Fsp3) is 0.500. The maximum atomic E-state index is 10.1. The summed E-state index contributed by atoms with van der Waals surface area (Å²) in [6.45, 7) is 2.06. The summed E-state index contributed by atoms with van der Waals surface area (Å²) in [7, 11) is 3.76. The largest absolute Gasteiger partial charge is 0.388 e. The molecule has 2 unspecified atom stereocenters. The van der Waals surface area contributed by atoms with Crippen LogP contribution in [-0.4, -0.2) is 25.2 Å². The number of benzene rings is 1. The summed E-state index contributed by atoms with van der Waals surface area (Å²) in [6.07, 6.45) is 0.469. The molecule has 0 amide bonds. The maximum absolute atomic E-state index is 10.1. The molecule has 0 aliphatic heterocycles. The van der Waals surface area contributed by atoms with E-state index in [1.165, 1.54) is 0 Å². The Balaban J connectivity index is 2.76. The molecule has 0 heterocycles. The van der Waals surface area contributed by atoms with Gasteiger partial charge in [0, 0.05) is 18.8 Å². The molecule has 0 aliphatic carbocycles. The van der Waals surface area contributed by atoms with E-state index in [2.05, 4.69) is 17.6 Å². The normalized spacial score (nSPS) is 14.7. The lowest BCUT2D eigenvalue weighted by molar-refractivity contribution is 0.130. The number of anilines is 1. The third-order valence-corrected chi connectivity index (χ3v) is 2.73. The molecule has 0 saturated heterocycles. The zero-order valence-electron chi connectivity index (χ0n) is 9.62. The monoisotopic (exact) mass is 208 g/mol. The Morgan fingerprint density at radius 3 is 2.20 bits per heavy atom. The van der Waals surface area contributed by atoms with E-state index in [0.717, 1.165) is 17.7 Å². The van der Waals surface area contributed by atoms with Crippen molar-refractivity contribution in [3.8, 4) is 0 Å². The quantitative estimate of drug-likeness (QED) is 0.691. The van der Waals surface area contributed by atoms with Crippen molar-refractivity contribution in [1.82, 2.24) is 5.32 Å². The van der Waals surface area contributed by atoms with Crippen molar-refractivity contribution in [2.75, 3.05) is 19.4 Å². The van der Waals surface area contributed by atoms with Crippen molar-refractivity contribution in [1.29, 1.82) is 0 Å². The molecule has 84 valence electrons. The number of aliphatic hydroxyl groups excluding tert-OH is 1. The van der Waals surface area contributed by atoms with Crippen LogP contribution in [0.15, 0.2) is 24.3 Å². The molecule has 0 radical (unpaired) electrons. The van der Waals surface area contributed by atoms with E-state index >= 15 is 0 Å². The highest BCUT2D eigenvalue weighted by atomic mass is 16.3. The first kappa shape index (κ1) is 12.0. The minimum Gasteiger partial charge on any atom is -0.388 e. The van der Waals surface area contributed by atoms with Gasteiger partial charge >= 0.3 is 0 Å². The molecule has 1 aromatic carbocycles. The summed E-state index contributed by atoms with van der Waals surface area (Å²) >= 11 is 0. The number of nitrogens with one attached hydrogen (secondary N) is 2. The summed E-state index contributed by atoms with van der Waals surface area (Å²) in [5.41, 5.74) is 2.01. The van der Waals surface area contributed by atoms with Crippen LogP contribution in [0.3, 0.4) is 0 Å².